The van der Waals surface area contributed by atoms with Crippen molar-refractivity contribution in [1.82, 2.24) is 0 Å². The third-order valence-electron chi connectivity index (χ3n) is 2.23. The monoisotopic (exact) mass is 177 g/mol. The van der Waals surface area contributed by atoms with Crippen molar-refractivity contribution in [2.45, 2.75) is 26.7 Å². The van der Waals surface area contributed by atoms with Crippen molar-refractivity contribution in [2.75, 3.05) is 0 Å². The predicted molar refractivity (Wildman–Crippen MR) is 53.7 cm³/mol. The molecule has 1 aromatic rings. The lowest BCUT2D eigenvalue weighted by Gasteiger charge is -2.07. The highest BCUT2D eigenvalue weighted by molar-refractivity contribution is 5.94. The van der Waals surface area contributed by atoms with Gasteiger partial charge in [0.15, 0.2) is 0 Å². The van der Waals surface area contributed by atoms with Gasteiger partial charge in [-0.3, -0.25) is 4.79 Å². The first-order chi connectivity index (χ1) is 6.16. The molecule has 13 heavy (non-hydrogen) atoms. The summed E-state index contributed by atoms with van der Waals surface area (Å²) in [6.07, 6.45) is 2.09. The largest absolute Gasteiger partial charge is 0.366 e. The first-order valence-electron chi connectivity index (χ1n) is 4.55. The first-order valence-corrected chi connectivity index (χ1v) is 4.55. The van der Waals surface area contributed by atoms with E-state index in [1.807, 2.05) is 19.1 Å². The van der Waals surface area contributed by atoms with Crippen LogP contribution in [-0.2, 0) is 6.42 Å². The lowest BCUT2D eigenvalue weighted by molar-refractivity contribution is 0.0999. The summed E-state index contributed by atoms with van der Waals surface area (Å²) in [5, 5.41) is 0. The normalized spacial score (nSPS) is 10.0. The number of amides is 1. The second-order valence-electron chi connectivity index (χ2n) is 3.20. The van der Waals surface area contributed by atoms with Crippen molar-refractivity contribution >= 4 is 5.91 Å². The smallest absolute Gasteiger partial charge is 0.248 e. The summed E-state index contributed by atoms with van der Waals surface area (Å²) < 4.78 is 0. The number of nitrogens with two attached hydrogens (primary N) is 1. The molecule has 0 unspecified atom stereocenters. The lowest BCUT2D eigenvalue weighted by atomic mass is 9.99. The summed E-state index contributed by atoms with van der Waals surface area (Å²) in [6, 6.07) is 5.71. The zero-order valence-corrected chi connectivity index (χ0v) is 8.13. The zero-order valence-electron chi connectivity index (χ0n) is 8.13. The van der Waals surface area contributed by atoms with Gasteiger partial charge in [0.1, 0.15) is 0 Å². The van der Waals surface area contributed by atoms with Gasteiger partial charge in [-0.25, -0.2) is 0 Å². The fourth-order valence-corrected chi connectivity index (χ4v) is 1.49. The van der Waals surface area contributed by atoms with E-state index in [9.17, 15) is 4.79 Å². The molecule has 2 heteroatoms. The van der Waals surface area contributed by atoms with Crippen LogP contribution in [0.15, 0.2) is 18.2 Å². The van der Waals surface area contributed by atoms with Crippen molar-refractivity contribution < 1.29 is 4.79 Å². The molecular weight excluding hydrogens is 162 g/mol. The number of carbonyl (C=O) groups is 1. The van der Waals surface area contributed by atoms with Gasteiger partial charge in [0.25, 0.3) is 0 Å². The summed E-state index contributed by atoms with van der Waals surface area (Å²) >= 11 is 0. The zero-order chi connectivity index (χ0) is 9.84. The van der Waals surface area contributed by atoms with Gasteiger partial charge in [-0.05, 0) is 30.5 Å². The number of benzene rings is 1. The second kappa shape index (κ2) is 4.08. The van der Waals surface area contributed by atoms with Crippen LogP contribution in [-0.4, -0.2) is 5.91 Å². The van der Waals surface area contributed by atoms with Crippen molar-refractivity contribution in [2.24, 2.45) is 5.73 Å². The van der Waals surface area contributed by atoms with Gasteiger partial charge >= 0.3 is 0 Å². The predicted octanol–water partition coefficient (Wildman–Crippen LogP) is 2.05. The molecule has 0 aliphatic carbocycles. The Hall–Kier alpha value is -1.31. The van der Waals surface area contributed by atoms with Gasteiger partial charge in [-0.2, -0.15) is 0 Å². The Labute approximate surface area is 78.8 Å². The topological polar surface area (TPSA) is 43.1 Å². The number of hydrogen-bond acceptors (Lipinski definition) is 1. The molecule has 2 nitrogen and oxygen atoms in total. The van der Waals surface area contributed by atoms with Gasteiger partial charge in [0.2, 0.25) is 5.91 Å². The van der Waals surface area contributed by atoms with E-state index >= 15 is 0 Å². The molecule has 0 bridgehead atoms. The molecule has 1 amide bonds. The lowest BCUT2D eigenvalue weighted by Crippen LogP contribution is -2.13. The molecule has 0 saturated carbocycles. The fraction of sp³-hybridized carbons (Fsp3) is 0.364. The molecule has 0 aromatic heterocycles. The third-order valence-corrected chi connectivity index (χ3v) is 2.23. The van der Waals surface area contributed by atoms with E-state index in [4.69, 9.17) is 5.73 Å². The molecule has 0 heterocycles. The third kappa shape index (κ3) is 2.08. The van der Waals surface area contributed by atoms with Crippen LogP contribution in [0.3, 0.4) is 0 Å². The number of aryl methyl sites for hydroxylation is 1. The molecular formula is C11H15NO. The van der Waals surface area contributed by atoms with E-state index in [1.165, 1.54) is 5.56 Å². The molecule has 70 valence electrons. The highest BCUT2D eigenvalue weighted by Crippen LogP contribution is 2.14. The maximum atomic E-state index is 11.0. The average molecular weight is 177 g/mol. The number of hydrogen-bond donors (Lipinski definition) is 1. The van der Waals surface area contributed by atoms with Crippen LogP contribution in [0, 0.1) is 6.92 Å². The van der Waals surface area contributed by atoms with Gasteiger partial charge < -0.3 is 5.73 Å². The molecule has 0 saturated heterocycles. The Bertz CT molecular complexity index is 318. The highest BCUT2D eigenvalue weighted by atomic mass is 16.1. The summed E-state index contributed by atoms with van der Waals surface area (Å²) in [6.45, 7) is 4.07. The van der Waals surface area contributed by atoms with Crippen molar-refractivity contribution in [3.63, 3.8) is 0 Å². The van der Waals surface area contributed by atoms with Crippen LogP contribution in [0.1, 0.15) is 34.8 Å². The standard InChI is InChI=1S/C11H15NO/c1-3-5-9-6-4-7-10(8(9)2)11(12)13/h4,6-7H,3,5H2,1-2H3,(H2,12,13). The van der Waals surface area contributed by atoms with Crippen molar-refractivity contribution in [3.8, 4) is 0 Å². The van der Waals surface area contributed by atoms with Crippen LogP contribution < -0.4 is 5.73 Å². The van der Waals surface area contributed by atoms with E-state index in [0.29, 0.717) is 5.56 Å². The van der Waals surface area contributed by atoms with Crippen LogP contribution in [0.25, 0.3) is 0 Å². The molecule has 0 radical (unpaired) electrons. The fourth-order valence-electron chi connectivity index (χ4n) is 1.49. The maximum Gasteiger partial charge on any atom is 0.248 e. The Morgan fingerprint density at radius 3 is 2.69 bits per heavy atom. The number of carbonyl (C=O) groups excluding carboxylic acids is 1. The van der Waals surface area contributed by atoms with Crippen LogP contribution in [0.2, 0.25) is 0 Å². The molecule has 0 aliphatic rings. The minimum Gasteiger partial charge on any atom is -0.366 e. The van der Waals surface area contributed by atoms with Crippen LogP contribution in [0.4, 0.5) is 0 Å². The molecule has 0 aliphatic heterocycles. The summed E-state index contributed by atoms with van der Waals surface area (Å²) in [5.74, 6) is -0.338. The molecule has 1 aromatic carbocycles. The molecule has 0 atom stereocenters. The first kappa shape index (κ1) is 9.78. The Balaban J connectivity index is 3.10. The van der Waals surface area contributed by atoms with E-state index in [1.54, 1.807) is 6.07 Å². The summed E-state index contributed by atoms with van der Waals surface area (Å²) in [4.78, 5) is 11.0. The summed E-state index contributed by atoms with van der Waals surface area (Å²) in [5.41, 5.74) is 8.13. The number of rotatable bonds is 3. The Morgan fingerprint density at radius 2 is 2.15 bits per heavy atom. The van der Waals surface area contributed by atoms with Gasteiger partial charge in [-0.1, -0.05) is 25.5 Å². The molecule has 0 fully saturated rings. The van der Waals surface area contributed by atoms with Gasteiger partial charge in [0.05, 0.1) is 0 Å². The Kier molecular flexibility index (Phi) is 3.07. The quantitative estimate of drug-likeness (QED) is 0.754. The van der Waals surface area contributed by atoms with E-state index in [-0.39, 0.29) is 5.91 Å². The van der Waals surface area contributed by atoms with Gasteiger partial charge in [0, 0.05) is 5.56 Å². The SMILES string of the molecule is CCCc1cccc(C(N)=O)c1C. The molecule has 2 N–H and O–H groups in total. The van der Waals surface area contributed by atoms with Crippen LogP contribution in [0.5, 0.6) is 0 Å². The Morgan fingerprint density at radius 1 is 1.46 bits per heavy atom. The summed E-state index contributed by atoms with van der Waals surface area (Å²) in [7, 11) is 0. The minimum absolute atomic E-state index is 0.338. The molecule has 1 rings (SSSR count). The van der Waals surface area contributed by atoms with Crippen molar-refractivity contribution in [1.29, 1.82) is 0 Å². The van der Waals surface area contributed by atoms with E-state index < -0.39 is 0 Å². The number of primary amides is 1. The molecule has 0 spiro atoms. The minimum atomic E-state index is -0.338. The average Bonchev–Trinajstić information content (AvgIpc) is 2.08. The van der Waals surface area contributed by atoms with E-state index in [0.717, 1.165) is 18.4 Å². The van der Waals surface area contributed by atoms with Gasteiger partial charge in [-0.15, -0.1) is 0 Å². The van der Waals surface area contributed by atoms with Crippen molar-refractivity contribution in [3.05, 3.63) is 34.9 Å². The maximum absolute atomic E-state index is 11.0. The van der Waals surface area contributed by atoms with Crippen LogP contribution >= 0.6 is 0 Å². The van der Waals surface area contributed by atoms with E-state index in [2.05, 4.69) is 6.92 Å². The highest BCUT2D eigenvalue weighted by Gasteiger charge is 2.06. The second-order valence-corrected chi connectivity index (χ2v) is 3.20.